The van der Waals surface area contributed by atoms with Crippen LogP contribution in [0.4, 0.5) is 0 Å². The minimum atomic E-state index is -3.82. The van der Waals surface area contributed by atoms with Crippen molar-refractivity contribution in [3.05, 3.63) is 28.8 Å². The van der Waals surface area contributed by atoms with Crippen molar-refractivity contribution < 1.29 is 8.42 Å². The maximum absolute atomic E-state index is 12.5. The molecule has 0 aliphatic carbocycles. The summed E-state index contributed by atoms with van der Waals surface area (Å²) in [5, 5.41) is 17.7. The predicted molar refractivity (Wildman–Crippen MR) is 75.4 cm³/mol. The SMILES string of the molecule is CCN(CC(C)C#N)S(=O)(=O)c1cc(C#N)ccc1Cl. The van der Waals surface area contributed by atoms with E-state index in [1.165, 1.54) is 22.5 Å². The summed E-state index contributed by atoms with van der Waals surface area (Å²) in [6.07, 6.45) is 0. The molecule has 1 atom stereocenters. The van der Waals surface area contributed by atoms with Gasteiger partial charge in [0.25, 0.3) is 0 Å². The Morgan fingerprint density at radius 2 is 2.05 bits per heavy atom. The average molecular weight is 312 g/mol. The standard InChI is InChI=1S/C13H14ClN3O2S/c1-3-17(9-10(2)7-15)20(18,19)13-6-11(8-16)4-5-12(13)14/h4-6,10H,3,9H2,1-2H3. The molecule has 0 saturated heterocycles. The van der Waals surface area contributed by atoms with Crippen LogP contribution in [-0.4, -0.2) is 25.8 Å². The number of nitriles is 2. The van der Waals surface area contributed by atoms with Crippen LogP contribution in [0.2, 0.25) is 5.02 Å². The van der Waals surface area contributed by atoms with Crippen LogP contribution in [0.1, 0.15) is 19.4 Å². The first-order valence-electron chi connectivity index (χ1n) is 5.96. The maximum Gasteiger partial charge on any atom is 0.244 e. The maximum atomic E-state index is 12.5. The van der Waals surface area contributed by atoms with Gasteiger partial charge in [-0.2, -0.15) is 14.8 Å². The topological polar surface area (TPSA) is 85.0 Å². The highest BCUT2D eigenvalue weighted by atomic mass is 35.5. The van der Waals surface area contributed by atoms with E-state index in [0.29, 0.717) is 0 Å². The highest BCUT2D eigenvalue weighted by Gasteiger charge is 2.27. The van der Waals surface area contributed by atoms with Crippen molar-refractivity contribution >= 4 is 21.6 Å². The molecule has 0 aromatic heterocycles. The quantitative estimate of drug-likeness (QED) is 0.835. The third kappa shape index (κ3) is 3.49. The molecule has 0 bridgehead atoms. The third-order valence-corrected chi connectivity index (χ3v) is 5.15. The van der Waals surface area contributed by atoms with E-state index in [4.69, 9.17) is 22.1 Å². The van der Waals surface area contributed by atoms with E-state index in [1.807, 2.05) is 12.1 Å². The van der Waals surface area contributed by atoms with E-state index in [-0.39, 0.29) is 28.6 Å². The van der Waals surface area contributed by atoms with Gasteiger partial charge in [-0.3, -0.25) is 0 Å². The minimum absolute atomic E-state index is 0.0621. The predicted octanol–water partition coefficient (Wildman–Crippen LogP) is 2.38. The van der Waals surface area contributed by atoms with E-state index in [9.17, 15) is 8.42 Å². The second kappa shape index (κ2) is 6.71. The Kier molecular flexibility index (Phi) is 5.52. The molecule has 0 aliphatic heterocycles. The van der Waals surface area contributed by atoms with Gasteiger partial charge < -0.3 is 0 Å². The Bertz CT molecular complexity index is 674. The summed E-state index contributed by atoms with van der Waals surface area (Å²) >= 11 is 5.93. The average Bonchev–Trinajstić information content (AvgIpc) is 2.44. The molecule has 0 heterocycles. The molecule has 0 amide bonds. The van der Waals surface area contributed by atoms with Crippen molar-refractivity contribution in [2.45, 2.75) is 18.7 Å². The second-order valence-electron chi connectivity index (χ2n) is 4.24. The van der Waals surface area contributed by atoms with Crippen LogP contribution in [-0.2, 0) is 10.0 Å². The molecule has 0 aliphatic rings. The van der Waals surface area contributed by atoms with Crippen molar-refractivity contribution in [2.24, 2.45) is 5.92 Å². The Balaban J connectivity index is 3.28. The summed E-state index contributed by atoms with van der Waals surface area (Å²) in [5.74, 6) is -0.428. The number of hydrogen-bond acceptors (Lipinski definition) is 4. The summed E-state index contributed by atoms with van der Waals surface area (Å²) in [7, 11) is -3.82. The Labute approximate surface area is 124 Å². The molecule has 1 rings (SSSR count). The smallest absolute Gasteiger partial charge is 0.207 e. The molecular formula is C13H14ClN3O2S. The molecule has 0 spiro atoms. The molecule has 5 nitrogen and oxygen atoms in total. The first-order chi connectivity index (χ1) is 9.36. The van der Waals surface area contributed by atoms with Crippen LogP contribution in [0.25, 0.3) is 0 Å². The molecule has 1 unspecified atom stereocenters. The van der Waals surface area contributed by atoms with Gasteiger partial charge in [0.05, 0.1) is 28.6 Å². The van der Waals surface area contributed by atoms with Gasteiger partial charge in [0, 0.05) is 13.1 Å². The highest BCUT2D eigenvalue weighted by molar-refractivity contribution is 7.89. The van der Waals surface area contributed by atoms with Crippen molar-refractivity contribution in [3.8, 4) is 12.1 Å². The fraction of sp³-hybridized carbons (Fsp3) is 0.385. The van der Waals surface area contributed by atoms with Gasteiger partial charge in [-0.15, -0.1) is 0 Å². The molecule has 1 aromatic rings. The lowest BCUT2D eigenvalue weighted by atomic mass is 10.2. The molecule has 7 heteroatoms. The number of sulfonamides is 1. The van der Waals surface area contributed by atoms with Crippen LogP contribution in [0.5, 0.6) is 0 Å². The van der Waals surface area contributed by atoms with Gasteiger partial charge in [0.1, 0.15) is 4.90 Å². The van der Waals surface area contributed by atoms with Crippen molar-refractivity contribution in [3.63, 3.8) is 0 Å². The molecule has 0 saturated carbocycles. The largest absolute Gasteiger partial charge is 0.244 e. The lowest BCUT2D eigenvalue weighted by molar-refractivity contribution is 0.400. The van der Waals surface area contributed by atoms with Crippen molar-refractivity contribution in [2.75, 3.05) is 13.1 Å². The van der Waals surface area contributed by atoms with Gasteiger partial charge in [-0.1, -0.05) is 18.5 Å². The van der Waals surface area contributed by atoms with E-state index < -0.39 is 15.9 Å². The van der Waals surface area contributed by atoms with Crippen LogP contribution in [0, 0.1) is 28.6 Å². The monoisotopic (exact) mass is 311 g/mol. The van der Waals surface area contributed by atoms with Gasteiger partial charge in [-0.05, 0) is 25.1 Å². The molecule has 0 N–H and O–H groups in total. The van der Waals surface area contributed by atoms with E-state index in [0.717, 1.165) is 0 Å². The highest BCUT2D eigenvalue weighted by Crippen LogP contribution is 2.26. The molecule has 20 heavy (non-hydrogen) atoms. The minimum Gasteiger partial charge on any atom is -0.207 e. The van der Waals surface area contributed by atoms with Crippen LogP contribution < -0.4 is 0 Å². The summed E-state index contributed by atoms with van der Waals surface area (Å²) in [6, 6.07) is 7.97. The lowest BCUT2D eigenvalue weighted by Crippen LogP contribution is -2.34. The summed E-state index contributed by atoms with van der Waals surface area (Å²) < 4.78 is 26.2. The zero-order chi connectivity index (χ0) is 15.3. The fourth-order valence-electron chi connectivity index (χ4n) is 1.65. The number of nitrogens with zero attached hydrogens (tertiary/aromatic N) is 3. The van der Waals surface area contributed by atoms with Crippen LogP contribution in [0.3, 0.4) is 0 Å². The Hall–Kier alpha value is -1.60. The molecule has 0 radical (unpaired) electrons. The van der Waals surface area contributed by atoms with Gasteiger partial charge >= 0.3 is 0 Å². The van der Waals surface area contributed by atoms with Crippen LogP contribution in [0.15, 0.2) is 23.1 Å². The molecule has 106 valence electrons. The van der Waals surface area contributed by atoms with Gasteiger partial charge in [-0.25, -0.2) is 8.42 Å². The van der Waals surface area contributed by atoms with Gasteiger partial charge in [0.15, 0.2) is 0 Å². The van der Waals surface area contributed by atoms with E-state index in [1.54, 1.807) is 13.8 Å². The normalized spacial score (nSPS) is 12.7. The number of benzene rings is 1. The van der Waals surface area contributed by atoms with Gasteiger partial charge in [0.2, 0.25) is 10.0 Å². The summed E-state index contributed by atoms with van der Waals surface area (Å²) in [5.41, 5.74) is 0.220. The lowest BCUT2D eigenvalue weighted by Gasteiger charge is -2.22. The number of rotatable bonds is 5. The first kappa shape index (κ1) is 16.5. The van der Waals surface area contributed by atoms with Crippen molar-refractivity contribution in [1.29, 1.82) is 10.5 Å². The molecule has 1 aromatic carbocycles. The summed E-state index contributed by atoms with van der Waals surface area (Å²) in [6.45, 7) is 3.64. The Morgan fingerprint density at radius 3 is 2.55 bits per heavy atom. The van der Waals surface area contributed by atoms with Crippen LogP contribution >= 0.6 is 11.6 Å². The summed E-state index contributed by atoms with van der Waals surface area (Å²) in [4.78, 5) is -0.106. The van der Waals surface area contributed by atoms with E-state index >= 15 is 0 Å². The zero-order valence-corrected chi connectivity index (χ0v) is 12.7. The Morgan fingerprint density at radius 1 is 1.40 bits per heavy atom. The fourth-order valence-corrected chi connectivity index (χ4v) is 3.69. The zero-order valence-electron chi connectivity index (χ0n) is 11.2. The van der Waals surface area contributed by atoms with Crippen molar-refractivity contribution in [1.82, 2.24) is 4.31 Å². The first-order valence-corrected chi connectivity index (χ1v) is 7.78. The number of halogens is 1. The molecule has 0 fully saturated rings. The second-order valence-corrected chi connectivity index (χ2v) is 6.56. The number of hydrogen-bond donors (Lipinski definition) is 0. The van der Waals surface area contributed by atoms with E-state index in [2.05, 4.69) is 0 Å². The molecular weight excluding hydrogens is 298 g/mol. The third-order valence-electron chi connectivity index (χ3n) is 2.73.